The number of rotatable bonds is 2. The molecule has 22 heavy (non-hydrogen) atoms. The van der Waals surface area contributed by atoms with Crippen LogP contribution < -0.4 is 20.3 Å². The Morgan fingerprint density at radius 3 is 2.41 bits per heavy atom. The molecule has 1 aliphatic heterocycles. The molecule has 0 spiro atoms. The minimum atomic E-state index is -0.762. The number of hydrogen-bond donors (Lipinski definition) is 2. The van der Waals surface area contributed by atoms with Gasteiger partial charge in [-0.25, -0.2) is 0 Å². The van der Waals surface area contributed by atoms with Crippen LogP contribution in [-0.4, -0.2) is 24.5 Å². The molecule has 1 saturated carbocycles. The minimum absolute atomic E-state index is 0.00157. The quantitative estimate of drug-likeness (QED) is 0.813. The number of para-hydroxylation sites is 2. The zero-order valence-electron chi connectivity index (χ0n) is 12.3. The van der Waals surface area contributed by atoms with Gasteiger partial charge >= 0.3 is 0 Å². The van der Waals surface area contributed by atoms with Crippen LogP contribution in [0.5, 0.6) is 11.5 Å². The number of amides is 2. The van der Waals surface area contributed by atoms with Crippen LogP contribution in [0.15, 0.2) is 24.3 Å². The Balaban J connectivity index is 1.49. The molecule has 1 aliphatic carbocycles. The van der Waals surface area contributed by atoms with E-state index >= 15 is 0 Å². The summed E-state index contributed by atoms with van der Waals surface area (Å²) >= 11 is 0. The maximum Gasteiger partial charge on any atom is 0.283 e. The number of carbonyl (C=O) groups excluding carboxylic acids is 2. The summed E-state index contributed by atoms with van der Waals surface area (Å²) in [6.45, 7) is 0.127. The van der Waals surface area contributed by atoms with E-state index in [1.165, 1.54) is 6.42 Å². The van der Waals surface area contributed by atoms with E-state index in [9.17, 15) is 9.59 Å². The van der Waals surface area contributed by atoms with Crippen LogP contribution in [0.2, 0.25) is 0 Å². The average Bonchev–Trinajstić information content (AvgIpc) is 2.59. The molecule has 1 heterocycles. The lowest BCUT2D eigenvalue weighted by Crippen LogP contribution is -2.52. The van der Waals surface area contributed by atoms with Crippen LogP contribution in [0, 0.1) is 5.92 Å². The molecule has 0 aromatic heterocycles. The molecule has 0 radical (unpaired) electrons. The van der Waals surface area contributed by atoms with Crippen molar-refractivity contribution in [1.82, 2.24) is 10.9 Å². The molecule has 1 atom stereocenters. The highest BCUT2D eigenvalue weighted by Crippen LogP contribution is 2.30. The molecule has 3 rings (SSSR count). The summed E-state index contributed by atoms with van der Waals surface area (Å²) in [7, 11) is 0. The van der Waals surface area contributed by atoms with E-state index in [2.05, 4.69) is 10.9 Å². The lowest BCUT2D eigenvalue weighted by atomic mass is 9.89. The maximum atomic E-state index is 12.1. The Hall–Kier alpha value is -2.24. The van der Waals surface area contributed by atoms with Crippen LogP contribution in [0.3, 0.4) is 0 Å². The second-order valence-electron chi connectivity index (χ2n) is 5.68. The van der Waals surface area contributed by atoms with Crippen LogP contribution in [0.1, 0.15) is 32.1 Å². The first kappa shape index (κ1) is 14.7. The van der Waals surface area contributed by atoms with Gasteiger partial charge in [0, 0.05) is 5.92 Å². The van der Waals surface area contributed by atoms with Crippen LogP contribution >= 0.6 is 0 Å². The smallest absolute Gasteiger partial charge is 0.283 e. The average molecular weight is 304 g/mol. The summed E-state index contributed by atoms with van der Waals surface area (Å²) in [6.07, 6.45) is 4.34. The highest BCUT2D eigenvalue weighted by Gasteiger charge is 2.28. The van der Waals surface area contributed by atoms with Gasteiger partial charge in [0.2, 0.25) is 12.0 Å². The fraction of sp³-hybridized carbons (Fsp3) is 0.500. The number of ether oxygens (including phenoxy) is 2. The summed E-state index contributed by atoms with van der Waals surface area (Å²) in [5, 5.41) is 0. The molecule has 6 heteroatoms. The summed E-state index contributed by atoms with van der Waals surface area (Å²) < 4.78 is 11.1. The first-order valence-corrected chi connectivity index (χ1v) is 7.72. The third kappa shape index (κ3) is 3.32. The third-order valence-electron chi connectivity index (χ3n) is 4.09. The molecule has 1 aromatic carbocycles. The fourth-order valence-corrected chi connectivity index (χ4v) is 2.82. The fourth-order valence-electron chi connectivity index (χ4n) is 2.82. The van der Waals surface area contributed by atoms with Crippen LogP contribution in [0.4, 0.5) is 0 Å². The number of fused-ring (bicyclic) bond motifs is 1. The Morgan fingerprint density at radius 2 is 1.64 bits per heavy atom. The van der Waals surface area contributed by atoms with Crippen LogP contribution in [0.25, 0.3) is 0 Å². The largest absolute Gasteiger partial charge is 0.485 e. The van der Waals surface area contributed by atoms with E-state index in [0.717, 1.165) is 25.7 Å². The normalized spacial score (nSPS) is 21.0. The third-order valence-corrected chi connectivity index (χ3v) is 4.09. The van der Waals surface area contributed by atoms with Crippen molar-refractivity contribution in [1.29, 1.82) is 0 Å². The molecule has 1 aromatic rings. The number of hydrazine groups is 1. The summed E-state index contributed by atoms with van der Waals surface area (Å²) in [4.78, 5) is 24.1. The summed E-state index contributed by atoms with van der Waals surface area (Å²) in [5.41, 5.74) is 4.94. The summed E-state index contributed by atoms with van der Waals surface area (Å²) in [5.74, 6) is 0.632. The molecule has 2 aliphatic rings. The second kappa shape index (κ2) is 6.68. The summed E-state index contributed by atoms with van der Waals surface area (Å²) in [6, 6.07) is 7.18. The monoisotopic (exact) mass is 304 g/mol. The van der Waals surface area contributed by atoms with E-state index < -0.39 is 12.0 Å². The number of nitrogens with one attached hydrogen (secondary N) is 2. The van der Waals surface area contributed by atoms with Gasteiger partial charge in [-0.2, -0.15) is 0 Å². The predicted octanol–water partition coefficient (Wildman–Crippen LogP) is 1.55. The first-order chi connectivity index (χ1) is 10.7. The van der Waals surface area contributed by atoms with Gasteiger partial charge in [0.25, 0.3) is 5.91 Å². The van der Waals surface area contributed by atoms with Crippen molar-refractivity contribution in [3.05, 3.63) is 24.3 Å². The minimum Gasteiger partial charge on any atom is -0.485 e. The number of hydrogen-bond acceptors (Lipinski definition) is 4. The molecule has 1 fully saturated rings. The van der Waals surface area contributed by atoms with Gasteiger partial charge in [-0.05, 0) is 25.0 Å². The standard InChI is InChI=1S/C16H20N2O4/c19-15(11-6-2-1-3-7-11)17-18-16(20)14-10-21-12-8-4-5-9-13(12)22-14/h4-5,8-9,11,14H,1-3,6-7,10H2,(H,17,19)(H,18,20). The van der Waals surface area contributed by atoms with Gasteiger partial charge in [0.15, 0.2) is 11.5 Å². The van der Waals surface area contributed by atoms with E-state index in [0.29, 0.717) is 11.5 Å². The van der Waals surface area contributed by atoms with Crippen molar-refractivity contribution in [3.63, 3.8) is 0 Å². The van der Waals surface area contributed by atoms with Crippen molar-refractivity contribution in [2.75, 3.05) is 6.61 Å². The molecule has 1 unspecified atom stereocenters. The van der Waals surface area contributed by atoms with Gasteiger partial charge in [0.1, 0.15) is 6.61 Å². The Labute approximate surface area is 129 Å². The Kier molecular flexibility index (Phi) is 4.46. The van der Waals surface area contributed by atoms with E-state index in [1.807, 2.05) is 12.1 Å². The number of carbonyl (C=O) groups is 2. The zero-order chi connectivity index (χ0) is 15.4. The van der Waals surface area contributed by atoms with Gasteiger partial charge in [0.05, 0.1) is 0 Å². The highest BCUT2D eigenvalue weighted by molar-refractivity contribution is 5.86. The lowest BCUT2D eigenvalue weighted by Gasteiger charge is -2.26. The predicted molar refractivity (Wildman–Crippen MR) is 79.2 cm³/mol. The molecule has 0 saturated heterocycles. The zero-order valence-corrected chi connectivity index (χ0v) is 12.3. The van der Waals surface area contributed by atoms with Crippen molar-refractivity contribution >= 4 is 11.8 Å². The molecular formula is C16H20N2O4. The van der Waals surface area contributed by atoms with Crippen molar-refractivity contribution in [2.45, 2.75) is 38.2 Å². The van der Waals surface area contributed by atoms with Gasteiger partial charge in [-0.15, -0.1) is 0 Å². The van der Waals surface area contributed by atoms with Crippen LogP contribution in [-0.2, 0) is 9.59 Å². The molecule has 2 N–H and O–H groups in total. The number of benzene rings is 1. The molecule has 0 bridgehead atoms. The van der Waals surface area contributed by atoms with E-state index in [1.54, 1.807) is 12.1 Å². The lowest BCUT2D eigenvalue weighted by molar-refractivity contribution is -0.136. The Morgan fingerprint density at radius 1 is 0.955 bits per heavy atom. The van der Waals surface area contributed by atoms with Gasteiger partial charge < -0.3 is 9.47 Å². The van der Waals surface area contributed by atoms with E-state index in [-0.39, 0.29) is 18.4 Å². The second-order valence-corrected chi connectivity index (χ2v) is 5.68. The van der Waals surface area contributed by atoms with Gasteiger partial charge in [-0.3, -0.25) is 20.4 Å². The van der Waals surface area contributed by atoms with Crippen molar-refractivity contribution < 1.29 is 19.1 Å². The highest BCUT2D eigenvalue weighted by atomic mass is 16.6. The Bertz CT molecular complexity index is 555. The van der Waals surface area contributed by atoms with Crippen molar-refractivity contribution in [2.24, 2.45) is 5.92 Å². The maximum absolute atomic E-state index is 12.1. The van der Waals surface area contributed by atoms with Gasteiger partial charge in [-0.1, -0.05) is 31.4 Å². The first-order valence-electron chi connectivity index (χ1n) is 7.72. The molecule has 2 amide bonds. The van der Waals surface area contributed by atoms with E-state index in [4.69, 9.17) is 9.47 Å². The molecule has 6 nitrogen and oxygen atoms in total. The topological polar surface area (TPSA) is 76.7 Å². The molecule has 118 valence electrons. The molecular weight excluding hydrogens is 284 g/mol. The SMILES string of the molecule is O=C(NNC(=O)C1COc2ccccc2O1)C1CCCCC1. The van der Waals surface area contributed by atoms with Crippen molar-refractivity contribution in [3.8, 4) is 11.5 Å².